The summed E-state index contributed by atoms with van der Waals surface area (Å²) in [6, 6.07) is 12.9. The molecule has 4 rings (SSSR count). The van der Waals surface area contributed by atoms with E-state index in [9.17, 15) is 14.0 Å². The van der Waals surface area contributed by atoms with Crippen LogP contribution in [0.25, 0.3) is 16.9 Å². The molecule has 9 heteroatoms. The van der Waals surface area contributed by atoms with E-state index in [0.29, 0.717) is 18.0 Å². The summed E-state index contributed by atoms with van der Waals surface area (Å²) in [6.45, 7) is 0.581. The third-order valence-electron chi connectivity index (χ3n) is 5.04. The van der Waals surface area contributed by atoms with Crippen LogP contribution >= 0.6 is 0 Å². The van der Waals surface area contributed by atoms with Crippen LogP contribution in [0.1, 0.15) is 5.56 Å². The number of para-hydroxylation sites is 1. The van der Waals surface area contributed by atoms with E-state index in [1.54, 1.807) is 11.7 Å². The second-order valence-corrected chi connectivity index (χ2v) is 6.90. The number of nitrogens with zero attached hydrogens (tertiary/aromatic N) is 4. The zero-order valence-corrected chi connectivity index (χ0v) is 17.1. The highest BCUT2D eigenvalue weighted by molar-refractivity contribution is 5.72. The Morgan fingerprint density at radius 3 is 2.48 bits per heavy atom. The highest BCUT2D eigenvalue weighted by atomic mass is 19.1. The molecule has 0 amide bonds. The summed E-state index contributed by atoms with van der Waals surface area (Å²) >= 11 is 0. The average Bonchev–Trinajstić information content (AvgIpc) is 3.19. The van der Waals surface area contributed by atoms with Crippen molar-refractivity contribution in [3.05, 3.63) is 87.1 Å². The molecule has 0 saturated carbocycles. The van der Waals surface area contributed by atoms with Crippen molar-refractivity contribution >= 4 is 11.2 Å². The zero-order chi connectivity index (χ0) is 22.0. The van der Waals surface area contributed by atoms with Gasteiger partial charge in [0.15, 0.2) is 11.2 Å². The molecule has 0 atom stereocenters. The summed E-state index contributed by atoms with van der Waals surface area (Å²) in [7, 11) is 3.07. The first-order valence-corrected chi connectivity index (χ1v) is 9.62. The number of halogens is 1. The van der Waals surface area contributed by atoms with Gasteiger partial charge in [0, 0.05) is 12.7 Å². The van der Waals surface area contributed by atoms with Gasteiger partial charge in [-0.25, -0.2) is 18.7 Å². The van der Waals surface area contributed by atoms with E-state index < -0.39 is 17.1 Å². The summed E-state index contributed by atoms with van der Waals surface area (Å²) in [5, 5.41) is 0. The molecule has 0 radical (unpaired) electrons. The maximum atomic E-state index is 13.5. The summed E-state index contributed by atoms with van der Waals surface area (Å²) in [5.74, 6) is 0.248. The summed E-state index contributed by atoms with van der Waals surface area (Å²) in [4.78, 5) is 30.8. The van der Waals surface area contributed by atoms with E-state index >= 15 is 0 Å². The third-order valence-corrected chi connectivity index (χ3v) is 5.04. The lowest BCUT2D eigenvalue weighted by Crippen LogP contribution is -2.41. The van der Waals surface area contributed by atoms with Crippen LogP contribution in [-0.2, 0) is 17.8 Å². The molecular weight excluding hydrogens is 403 g/mol. The standard InChI is InChI=1S/C22H21FN4O4/c1-30-12-11-26-21(28)19-20(27(22(26)29)17-9-7-16(23)8-10-17)24-14-25(19)13-15-5-3-4-6-18(15)31-2/h3-10,14H,11-13H2,1-2H3. The van der Waals surface area contributed by atoms with Gasteiger partial charge in [-0.3, -0.25) is 9.36 Å². The van der Waals surface area contributed by atoms with E-state index in [0.717, 1.165) is 10.1 Å². The fourth-order valence-corrected chi connectivity index (χ4v) is 3.52. The topological polar surface area (TPSA) is 80.3 Å². The quantitative estimate of drug-likeness (QED) is 0.454. The Balaban J connectivity index is 1.97. The Hall–Kier alpha value is -3.72. The van der Waals surface area contributed by atoms with Gasteiger partial charge in [0.2, 0.25) is 0 Å². The minimum Gasteiger partial charge on any atom is -0.496 e. The molecule has 0 unspecified atom stereocenters. The Bertz CT molecular complexity index is 1340. The lowest BCUT2D eigenvalue weighted by Gasteiger charge is -2.13. The summed E-state index contributed by atoms with van der Waals surface area (Å²) < 4.78 is 28.0. The number of imidazole rings is 1. The molecule has 31 heavy (non-hydrogen) atoms. The molecule has 0 aliphatic carbocycles. The monoisotopic (exact) mass is 424 g/mol. The largest absolute Gasteiger partial charge is 0.496 e. The second-order valence-electron chi connectivity index (χ2n) is 6.90. The smallest absolute Gasteiger partial charge is 0.337 e. The number of aromatic nitrogens is 4. The van der Waals surface area contributed by atoms with Crippen LogP contribution < -0.4 is 16.0 Å². The molecule has 0 aliphatic rings. The van der Waals surface area contributed by atoms with Gasteiger partial charge < -0.3 is 14.0 Å². The van der Waals surface area contributed by atoms with Crippen LogP contribution in [0.15, 0.2) is 64.4 Å². The van der Waals surface area contributed by atoms with E-state index in [4.69, 9.17) is 9.47 Å². The molecule has 0 spiro atoms. The van der Waals surface area contributed by atoms with Crippen molar-refractivity contribution in [1.29, 1.82) is 0 Å². The Morgan fingerprint density at radius 2 is 1.77 bits per heavy atom. The van der Waals surface area contributed by atoms with Crippen molar-refractivity contribution in [1.82, 2.24) is 18.7 Å². The maximum absolute atomic E-state index is 13.5. The van der Waals surface area contributed by atoms with Gasteiger partial charge in [-0.2, -0.15) is 0 Å². The van der Waals surface area contributed by atoms with Crippen LogP contribution in [-0.4, -0.2) is 39.5 Å². The van der Waals surface area contributed by atoms with Crippen molar-refractivity contribution < 1.29 is 13.9 Å². The number of rotatable bonds is 7. The molecule has 0 bridgehead atoms. The fourth-order valence-electron chi connectivity index (χ4n) is 3.52. The molecule has 8 nitrogen and oxygen atoms in total. The third kappa shape index (κ3) is 3.75. The summed E-state index contributed by atoms with van der Waals surface area (Å²) in [6.07, 6.45) is 1.51. The maximum Gasteiger partial charge on any atom is 0.337 e. The molecule has 2 aromatic carbocycles. The molecule has 0 fully saturated rings. The molecule has 2 aromatic heterocycles. The van der Waals surface area contributed by atoms with E-state index in [-0.39, 0.29) is 24.3 Å². The molecule has 0 aliphatic heterocycles. The highest BCUT2D eigenvalue weighted by Gasteiger charge is 2.20. The molecule has 160 valence electrons. The highest BCUT2D eigenvalue weighted by Crippen LogP contribution is 2.20. The van der Waals surface area contributed by atoms with Crippen molar-refractivity contribution in [3.63, 3.8) is 0 Å². The predicted octanol–water partition coefficient (Wildman–Crippen LogP) is 2.19. The van der Waals surface area contributed by atoms with Crippen LogP contribution in [0.3, 0.4) is 0 Å². The van der Waals surface area contributed by atoms with Gasteiger partial charge in [0.25, 0.3) is 5.56 Å². The van der Waals surface area contributed by atoms with Crippen LogP contribution in [0.4, 0.5) is 4.39 Å². The summed E-state index contributed by atoms with van der Waals surface area (Å²) in [5.41, 5.74) is 0.680. The second kappa shape index (κ2) is 8.57. The Morgan fingerprint density at radius 1 is 1.03 bits per heavy atom. The lowest BCUT2D eigenvalue weighted by molar-refractivity contribution is 0.184. The molecule has 0 N–H and O–H groups in total. The SMILES string of the molecule is COCCn1c(=O)c2c(ncn2Cc2ccccc2OC)n(-c2ccc(F)cc2)c1=O. The normalized spacial score (nSPS) is 11.2. The van der Waals surface area contributed by atoms with Crippen molar-refractivity contribution in [3.8, 4) is 11.4 Å². The van der Waals surface area contributed by atoms with E-state index in [1.807, 2.05) is 24.3 Å². The lowest BCUT2D eigenvalue weighted by atomic mass is 10.2. The Labute approximate surface area is 176 Å². The number of ether oxygens (including phenoxy) is 2. The molecule has 2 heterocycles. The number of hydrogen-bond donors (Lipinski definition) is 0. The first-order valence-electron chi connectivity index (χ1n) is 9.62. The average molecular weight is 424 g/mol. The van der Waals surface area contributed by atoms with Crippen molar-refractivity contribution in [2.24, 2.45) is 0 Å². The number of hydrogen-bond acceptors (Lipinski definition) is 5. The number of methoxy groups -OCH3 is 2. The van der Waals surface area contributed by atoms with Gasteiger partial charge in [-0.1, -0.05) is 18.2 Å². The predicted molar refractivity (Wildman–Crippen MR) is 114 cm³/mol. The minimum absolute atomic E-state index is 0.0745. The van der Waals surface area contributed by atoms with Crippen molar-refractivity contribution in [2.45, 2.75) is 13.1 Å². The van der Waals surface area contributed by atoms with Crippen molar-refractivity contribution in [2.75, 3.05) is 20.8 Å². The van der Waals surface area contributed by atoms with Gasteiger partial charge in [-0.05, 0) is 30.3 Å². The minimum atomic E-state index is -0.566. The van der Waals surface area contributed by atoms with Gasteiger partial charge in [0.1, 0.15) is 11.6 Å². The van der Waals surface area contributed by atoms with E-state index in [2.05, 4.69) is 4.98 Å². The van der Waals surface area contributed by atoms with Crippen LogP contribution in [0, 0.1) is 5.82 Å². The Kier molecular flexibility index (Phi) is 5.68. The molecular formula is C22H21FN4O4. The van der Waals surface area contributed by atoms with Crippen LogP contribution in [0.5, 0.6) is 5.75 Å². The first kappa shape index (κ1) is 20.5. The van der Waals surface area contributed by atoms with E-state index in [1.165, 1.54) is 42.3 Å². The molecule has 0 saturated heterocycles. The van der Waals surface area contributed by atoms with Gasteiger partial charge >= 0.3 is 5.69 Å². The van der Waals surface area contributed by atoms with Gasteiger partial charge in [0.05, 0.1) is 38.8 Å². The fraction of sp³-hybridized carbons (Fsp3) is 0.227. The number of fused-ring (bicyclic) bond motifs is 1. The zero-order valence-electron chi connectivity index (χ0n) is 17.1. The molecule has 4 aromatic rings. The first-order chi connectivity index (χ1) is 15.0. The van der Waals surface area contributed by atoms with Crippen LogP contribution in [0.2, 0.25) is 0 Å². The van der Waals surface area contributed by atoms with Gasteiger partial charge in [-0.15, -0.1) is 0 Å². The number of benzene rings is 2.